The van der Waals surface area contributed by atoms with E-state index >= 15 is 0 Å². The summed E-state index contributed by atoms with van der Waals surface area (Å²) in [6.07, 6.45) is 6.72. The highest BCUT2D eigenvalue weighted by Crippen LogP contribution is 2.42. The standard InChI is InChI=1S/C18H32N4O2.C6H14/c1-13(2)22-12-16(20-21-22)11-19-17(24)14-5-7-15(8-6-14)18(3,4)9-10-23;1-5(2)6(3)4/h12-15,23H,5-11H2,1-4H3,(H,19,24);5-6H,1-4H3. The number of hydrogen-bond acceptors (Lipinski definition) is 4. The molecule has 1 aliphatic carbocycles. The zero-order chi connectivity index (χ0) is 22.9. The van der Waals surface area contributed by atoms with Gasteiger partial charge in [-0.15, -0.1) is 5.10 Å². The van der Waals surface area contributed by atoms with Crippen molar-refractivity contribution in [3.8, 4) is 0 Å². The summed E-state index contributed by atoms with van der Waals surface area (Å²) in [6.45, 7) is 18.2. The number of aliphatic hydroxyl groups is 1. The van der Waals surface area contributed by atoms with Crippen LogP contribution in [0.3, 0.4) is 0 Å². The summed E-state index contributed by atoms with van der Waals surface area (Å²) in [6, 6.07) is 0.277. The zero-order valence-corrected chi connectivity index (χ0v) is 20.6. The van der Waals surface area contributed by atoms with Gasteiger partial charge in [-0.2, -0.15) is 0 Å². The fraction of sp³-hybridized carbons (Fsp3) is 0.875. The highest BCUT2D eigenvalue weighted by atomic mass is 16.3. The Hall–Kier alpha value is -1.43. The lowest BCUT2D eigenvalue weighted by atomic mass is 9.67. The zero-order valence-electron chi connectivity index (χ0n) is 20.6. The third-order valence-corrected chi connectivity index (χ3v) is 6.82. The molecule has 1 amide bonds. The maximum atomic E-state index is 12.4. The highest BCUT2D eigenvalue weighted by molar-refractivity contribution is 5.78. The Morgan fingerprint density at radius 1 is 1.13 bits per heavy atom. The minimum absolute atomic E-state index is 0.103. The van der Waals surface area contributed by atoms with Crippen LogP contribution < -0.4 is 5.32 Å². The average molecular weight is 423 g/mol. The van der Waals surface area contributed by atoms with Crippen molar-refractivity contribution in [3.63, 3.8) is 0 Å². The minimum Gasteiger partial charge on any atom is -0.396 e. The van der Waals surface area contributed by atoms with E-state index in [-0.39, 0.29) is 29.9 Å². The number of carbonyl (C=O) groups is 1. The van der Waals surface area contributed by atoms with Crippen LogP contribution in [-0.4, -0.2) is 32.6 Å². The van der Waals surface area contributed by atoms with Gasteiger partial charge in [-0.3, -0.25) is 4.79 Å². The molecule has 2 rings (SSSR count). The van der Waals surface area contributed by atoms with Crippen molar-refractivity contribution in [2.45, 2.75) is 100 Å². The Morgan fingerprint density at radius 2 is 1.70 bits per heavy atom. The molecule has 0 aliphatic heterocycles. The van der Waals surface area contributed by atoms with Gasteiger partial charge in [0.2, 0.25) is 5.91 Å². The third kappa shape index (κ3) is 8.75. The number of nitrogens with zero attached hydrogens (tertiary/aromatic N) is 3. The van der Waals surface area contributed by atoms with Gasteiger partial charge in [-0.05, 0) is 69.1 Å². The van der Waals surface area contributed by atoms with Crippen molar-refractivity contribution in [2.24, 2.45) is 29.1 Å². The van der Waals surface area contributed by atoms with Crippen LogP contribution >= 0.6 is 0 Å². The molecule has 0 aromatic carbocycles. The lowest BCUT2D eigenvalue weighted by Gasteiger charge is -2.38. The molecular formula is C24H46N4O2. The first-order valence-electron chi connectivity index (χ1n) is 11.8. The van der Waals surface area contributed by atoms with E-state index in [1.165, 1.54) is 0 Å². The van der Waals surface area contributed by atoms with Gasteiger partial charge in [0.05, 0.1) is 12.7 Å². The Bertz CT molecular complexity index is 608. The minimum atomic E-state index is 0.103. The summed E-state index contributed by atoms with van der Waals surface area (Å²) in [4.78, 5) is 12.4. The van der Waals surface area contributed by atoms with E-state index in [2.05, 4.69) is 57.2 Å². The Kier molecular flexibility index (Phi) is 11.0. The van der Waals surface area contributed by atoms with Crippen molar-refractivity contribution >= 4 is 5.91 Å². The summed E-state index contributed by atoms with van der Waals surface area (Å²) in [5, 5.41) is 20.4. The van der Waals surface area contributed by atoms with Gasteiger partial charge < -0.3 is 10.4 Å². The second kappa shape index (κ2) is 12.4. The molecule has 1 aromatic rings. The van der Waals surface area contributed by atoms with Crippen LogP contribution in [0.1, 0.15) is 99.2 Å². The molecule has 1 fully saturated rings. The first-order chi connectivity index (χ1) is 14.0. The van der Waals surface area contributed by atoms with Crippen LogP contribution in [0, 0.1) is 29.1 Å². The molecule has 1 aromatic heterocycles. The number of rotatable bonds is 8. The molecular weight excluding hydrogens is 376 g/mol. The summed E-state index contributed by atoms with van der Waals surface area (Å²) < 4.78 is 1.80. The van der Waals surface area contributed by atoms with E-state index in [1.54, 1.807) is 4.68 Å². The Labute approximate surface area is 184 Å². The number of amides is 1. The SMILES string of the molecule is CC(C)C(C)C.CC(C)n1cc(CNC(=O)C2CCC(C(C)(C)CCO)CC2)nn1. The summed E-state index contributed by atoms with van der Waals surface area (Å²) in [7, 11) is 0. The fourth-order valence-electron chi connectivity index (χ4n) is 3.60. The molecule has 1 aliphatic rings. The van der Waals surface area contributed by atoms with Crippen LogP contribution in [-0.2, 0) is 11.3 Å². The van der Waals surface area contributed by atoms with Gasteiger partial charge in [0.25, 0.3) is 0 Å². The molecule has 174 valence electrons. The number of nitrogens with one attached hydrogen (secondary N) is 1. The van der Waals surface area contributed by atoms with Crippen LogP contribution in [0.5, 0.6) is 0 Å². The second-order valence-corrected chi connectivity index (χ2v) is 10.5. The van der Waals surface area contributed by atoms with Crippen molar-refractivity contribution in [3.05, 3.63) is 11.9 Å². The molecule has 0 unspecified atom stereocenters. The van der Waals surface area contributed by atoms with Crippen molar-refractivity contribution in [2.75, 3.05) is 6.61 Å². The number of aromatic nitrogens is 3. The lowest BCUT2D eigenvalue weighted by Crippen LogP contribution is -2.36. The van der Waals surface area contributed by atoms with E-state index in [1.807, 2.05) is 20.0 Å². The van der Waals surface area contributed by atoms with Gasteiger partial charge >= 0.3 is 0 Å². The molecule has 1 heterocycles. The molecule has 2 N–H and O–H groups in total. The lowest BCUT2D eigenvalue weighted by molar-refractivity contribution is -0.126. The summed E-state index contributed by atoms with van der Waals surface area (Å²) in [5.41, 5.74) is 0.959. The fourth-order valence-corrected chi connectivity index (χ4v) is 3.60. The monoisotopic (exact) mass is 422 g/mol. The number of carbonyl (C=O) groups excluding carboxylic acids is 1. The molecule has 30 heavy (non-hydrogen) atoms. The molecule has 6 nitrogen and oxygen atoms in total. The molecule has 0 atom stereocenters. The topological polar surface area (TPSA) is 80.0 Å². The molecule has 6 heteroatoms. The van der Waals surface area contributed by atoms with Gasteiger partial charge in [-0.25, -0.2) is 4.68 Å². The molecule has 0 spiro atoms. The highest BCUT2D eigenvalue weighted by Gasteiger charge is 2.34. The van der Waals surface area contributed by atoms with Crippen LogP contribution in [0.25, 0.3) is 0 Å². The molecule has 0 saturated heterocycles. The largest absolute Gasteiger partial charge is 0.396 e. The quantitative estimate of drug-likeness (QED) is 0.618. The first-order valence-corrected chi connectivity index (χ1v) is 11.8. The molecule has 0 radical (unpaired) electrons. The van der Waals surface area contributed by atoms with E-state index in [9.17, 15) is 9.90 Å². The predicted molar refractivity (Wildman–Crippen MR) is 123 cm³/mol. The first kappa shape index (κ1) is 26.6. The van der Waals surface area contributed by atoms with Crippen LogP contribution in [0.2, 0.25) is 0 Å². The normalized spacial score (nSPS) is 19.7. The third-order valence-electron chi connectivity index (χ3n) is 6.82. The molecule has 0 bridgehead atoms. The van der Waals surface area contributed by atoms with E-state index in [0.717, 1.165) is 49.6 Å². The van der Waals surface area contributed by atoms with Gasteiger partial charge in [0.1, 0.15) is 5.69 Å². The van der Waals surface area contributed by atoms with Crippen molar-refractivity contribution in [1.29, 1.82) is 0 Å². The van der Waals surface area contributed by atoms with Crippen molar-refractivity contribution < 1.29 is 9.90 Å². The molecule has 1 saturated carbocycles. The summed E-state index contributed by atoms with van der Waals surface area (Å²) >= 11 is 0. The van der Waals surface area contributed by atoms with E-state index < -0.39 is 0 Å². The number of hydrogen-bond donors (Lipinski definition) is 2. The van der Waals surface area contributed by atoms with E-state index in [0.29, 0.717) is 12.5 Å². The number of aliphatic hydroxyl groups excluding tert-OH is 1. The Balaban J connectivity index is 0.000000656. The average Bonchev–Trinajstić information content (AvgIpc) is 3.16. The Morgan fingerprint density at radius 3 is 2.13 bits per heavy atom. The van der Waals surface area contributed by atoms with Crippen LogP contribution in [0.4, 0.5) is 0 Å². The van der Waals surface area contributed by atoms with Crippen LogP contribution in [0.15, 0.2) is 6.20 Å². The van der Waals surface area contributed by atoms with Crippen molar-refractivity contribution in [1.82, 2.24) is 20.3 Å². The maximum Gasteiger partial charge on any atom is 0.223 e. The maximum absolute atomic E-state index is 12.4. The van der Waals surface area contributed by atoms with Gasteiger partial charge in [-0.1, -0.05) is 46.8 Å². The second-order valence-electron chi connectivity index (χ2n) is 10.5. The summed E-state index contributed by atoms with van der Waals surface area (Å²) in [5.74, 6) is 2.54. The predicted octanol–water partition coefficient (Wildman–Crippen LogP) is 4.99. The van der Waals surface area contributed by atoms with E-state index in [4.69, 9.17) is 0 Å². The smallest absolute Gasteiger partial charge is 0.223 e. The van der Waals surface area contributed by atoms with Gasteiger partial charge in [0, 0.05) is 18.6 Å². The van der Waals surface area contributed by atoms with Gasteiger partial charge in [0.15, 0.2) is 0 Å².